The molecule has 4 aromatic rings. The van der Waals surface area contributed by atoms with E-state index in [1.807, 2.05) is 65.6 Å². The number of para-hydroxylation sites is 1. The molecule has 0 unspecified atom stereocenters. The minimum Gasteiger partial charge on any atom is -0.493 e. The Labute approximate surface area is 236 Å². The monoisotopic (exact) mass is 556 g/mol. The minimum absolute atomic E-state index is 0.161. The Bertz CT molecular complexity index is 1500. The van der Waals surface area contributed by atoms with Crippen LogP contribution in [0.4, 0.5) is 29.2 Å². The average molecular weight is 557 g/mol. The first-order valence-corrected chi connectivity index (χ1v) is 12.8. The van der Waals surface area contributed by atoms with Crippen molar-refractivity contribution in [3.63, 3.8) is 0 Å². The summed E-state index contributed by atoms with van der Waals surface area (Å²) in [5.41, 5.74) is 4.51. The number of hydrogen-bond donors (Lipinski definition) is 2. The van der Waals surface area contributed by atoms with Gasteiger partial charge in [0.15, 0.2) is 11.5 Å². The quantitative estimate of drug-likeness (QED) is 0.154. The average Bonchev–Trinajstić information content (AvgIpc) is 3.01. The Balaban J connectivity index is 1.38. The Hall–Kier alpha value is -5.30. The second-order valence-electron chi connectivity index (χ2n) is 8.84. The van der Waals surface area contributed by atoms with Crippen LogP contribution in [-0.4, -0.2) is 59.5 Å². The van der Waals surface area contributed by atoms with Crippen LogP contribution >= 0.6 is 0 Å². The molecule has 210 valence electrons. The van der Waals surface area contributed by atoms with E-state index in [0.29, 0.717) is 43.9 Å². The highest BCUT2D eigenvalue weighted by Crippen LogP contribution is 2.34. The van der Waals surface area contributed by atoms with Gasteiger partial charge in [-0.3, -0.25) is 10.1 Å². The highest BCUT2D eigenvalue weighted by atomic mass is 16.6. The normalized spacial score (nSPS) is 13.1. The summed E-state index contributed by atoms with van der Waals surface area (Å²) in [7, 11) is 1.47. The van der Waals surface area contributed by atoms with Crippen molar-refractivity contribution in [1.82, 2.24) is 15.0 Å². The van der Waals surface area contributed by atoms with Crippen LogP contribution in [0.3, 0.4) is 0 Å². The van der Waals surface area contributed by atoms with Gasteiger partial charge < -0.3 is 24.4 Å². The molecule has 2 heterocycles. The van der Waals surface area contributed by atoms with E-state index in [2.05, 4.69) is 30.8 Å². The molecule has 0 aliphatic carbocycles. The van der Waals surface area contributed by atoms with E-state index in [9.17, 15) is 10.1 Å². The number of ether oxygens (including phenoxy) is 3. The van der Waals surface area contributed by atoms with Crippen molar-refractivity contribution < 1.29 is 19.1 Å². The van der Waals surface area contributed by atoms with E-state index < -0.39 is 4.92 Å². The number of hydrazone groups is 1. The lowest BCUT2D eigenvalue weighted by molar-refractivity contribution is -0.385. The Morgan fingerprint density at radius 1 is 1.00 bits per heavy atom. The maximum Gasteiger partial charge on any atom is 0.282 e. The highest BCUT2D eigenvalue weighted by molar-refractivity contribution is 5.87. The Kier molecular flexibility index (Phi) is 8.76. The number of rotatable bonds is 11. The smallest absolute Gasteiger partial charge is 0.282 e. The lowest BCUT2D eigenvalue weighted by Gasteiger charge is -2.27. The van der Waals surface area contributed by atoms with Gasteiger partial charge in [-0.2, -0.15) is 20.1 Å². The van der Waals surface area contributed by atoms with Gasteiger partial charge in [-0.05, 0) is 23.8 Å². The molecule has 1 aliphatic rings. The van der Waals surface area contributed by atoms with Crippen molar-refractivity contribution in [2.75, 3.05) is 49.1 Å². The molecule has 1 aromatic heterocycles. The minimum atomic E-state index is -0.502. The molecule has 0 spiro atoms. The molecule has 2 N–H and O–H groups in total. The molecule has 1 saturated heterocycles. The molecule has 41 heavy (non-hydrogen) atoms. The first-order chi connectivity index (χ1) is 20.1. The number of nitrogens with one attached hydrogen (secondary N) is 2. The fraction of sp³-hybridized carbons (Fsp3) is 0.214. The van der Waals surface area contributed by atoms with Gasteiger partial charge in [0.2, 0.25) is 17.8 Å². The van der Waals surface area contributed by atoms with Gasteiger partial charge >= 0.3 is 0 Å². The first-order valence-electron chi connectivity index (χ1n) is 12.8. The number of hydrogen-bond acceptors (Lipinski definition) is 12. The van der Waals surface area contributed by atoms with Crippen LogP contribution in [0.5, 0.6) is 11.5 Å². The van der Waals surface area contributed by atoms with Crippen LogP contribution in [0.2, 0.25) is 0 Å². The molecule has 13 heteroatoms. The molecular weight excluding hydrogens is 528 g/mol. The molecule has 1 aliphatic heterocycles. The standard InChI is InChI=1S/C28H28N8O5/c1-39-24-16-21(23(36(37)38)17-25(24)41-19-20-8-4-2-5-9-20)18-29-34-27-31-26(30-22-10-6-3-7-11-22)32-28(33-27)35-12-14-40-15-13-35/h2-11,16-18H,12-15,19H2,1H3,(H2,30,31,32,33,34)/b29-18-. The summed E-state index contributed by atoms with van der Waals surface area (Å²) in [4.78, 5) is 26.8. The summed E-state index contributed by atoms with van der Waals surface area (Å²) in [6, 6.07) is 21.8. The zero-order valence-electron chi connectivity index (χ0n) is 22.3. The van der Waals surface area contributed by atoms with E-state index >= 15 is 0 Å². The number of nitro groups is 1. The summed E-state index contributed by atoms with van der Waals surface area (Å²) < 4.78 is 16.7. The molecule has 0 saturated carbocycles. The van der Waals surface area contributed by atoms with Crippen LogP contribution in [0, 0.1) is 10.1 Å². The van der Waals surface area contributed by atoms with Crippen LogP contribution < -0.4 is 25.1 Å². The first kappa shape index (κ1) is 27.3. The summed E-state index contributed by atoms with van der Waals surface area (Å²) in [5.74, 6) is 1.51. The number of aromatic nitrogens is 3. The third-order valence-electron chi connectivity index (χ3n) is 6.06. The predicted octanol–water partition coefficient (Wildman–Crippen LogP) is 4.39. The van der Waals surface area contributed by atoms with E-state index in [0.717, 1.165) is 11.3 Å². The van der Waals surface area contributed by atoms with Crippen molar-refractivity contribution in [3.8, 4) is 11.5 Å². The van der Waals surface area contributed by atoms with Gasteiger partial charge in [0.1, 0.15) is 6.61 Å². The van der Waals surface area contributed by atoms with Gasteiger partial charge in [0, 0.05) is 18.8 Å². The maximum absolute atomic E-state index is 11.9. The van der Waals surface area contributed by atoms with Gasteiger partial charge in [0.05, 0.1) is 43.1 Å². The highest BCUT2D eigenvalue weighted by Gasteiger charge is 2.20. The number of nitro benzene ring substituents is 1. The SMILES string of the molecule is COc1cc(/C=N\Nc2nc(Nc3ccccc3)nc(N3CCOCC3)n2)c([N+](=O)[O-])cc1OCc1ccccc1. The molecule has 5 rings (SSSR count). The summed E-state index contributed by atoms with van der Waals surface area (Å²) in [6.07, 6.45) is 1.31. The molecule has 0 amide bonds. The topological polar surface area (TPSA) is 149 Å². The van der Waals surface area contributed by atoms with Crippen LogP contribution in [0.25, 0.3) is 0 Å². The summed E-state index contributed by atoms with van der Waals surface area (Å²) >= 11 is 0. The lowest BCUT2D eigenvalue weighted by Crippen LogP contribution is -2.37. The molecule has 0 bridgehead atoms. The summed E-state index contributed by atoms with van der Waals surface area (Å²) in [5, 5.41) is 19.2. The fourth-order valence-electron chi connectivity index (χ4n) is 4.02. The number of anilines is 4. The third kappa shape index (κ3) is 7.22. The number of methoxy groups -OCH3 is 1. The second kappa shape index (κ2) is 13.2. The van der Waals surface area contributed by atoms with Crippen LogP contribution in [-0.2, 0) is 11.3 Å². The van der Waals surface area contributed by atoms with Crippen LogP contribution in [0.1, 0.15) is 11.1 Å². The van der Waals surface area contributed by atoms with Gasteiger partial charge in [-0.1, -0.05) is 48.5 Å². The molecule has 13 nitrogen and oxygen atoms in total. The molecule has 3 aromatic carbocycles. The Morgan fingerprint density at radius 2 is 1.71 bits per heavy atom. The van der Waals surface area contributed by atoms with Gasteiger partial charge in [0.25, 0.3) is 5.69 Å². The van der Waals surface area contributed by atoms with Gasteiger partial charge in [-0.15, -0.1) is 0 Å². The van der Waals surface area contributed by atoms with Crippen molar-refractivity contribution >= 4 is 35.4 Å². The van der Waals surface area contributed by atoms with E-state index in [4.69, 9.17) is 14.2 Å². The van der Waals surface area contributed by atoms with E-state index in [1.54, 1.807) is 0 Å². The van der Waals surface area contributed by atoms with Crippen molar-refractivity contribution in [2.24, 2.45) is 5.10 Å². The van der Waals surface area contributed by atoms with Crippen molar-refractivity contribution in [3.05, 3.63) is 94.0 Å². The van der Waals surface area contributed by atoms with E-state index in [1.165, 1.54) is 25.5 Å². The van der Waals surface area contributed by atoms with Crippen molar-refractivity contribution in [1.29, 1.82) is 0 Å². The third-order valence-corrected chi connectivity index (χ3v) is 6.06. The molecule has 1 fully saturated rings. The number of nitrogens with zero attached hydrogens (tertiary/aromatic N) is 6. The predicted molar refractivity (Wildman–Crippen MR) is 154 cm³/mol. The van der Waals surface area contributed by atoms with Crippen LogP contribution in [0.15, 0.2) is 77.9 Å². The zero-order valence-corrected chi connectivity index (χ0v) is 22.3. The largest absolute Gasteiger partial charge is 0.493 e. The number of benzene rings is 3. The fourth-order valence-corrected chi connectivity index (χ4v) is 4.02. The molecular formula is C28H28N8O5. The van der Waals surface area contributed by atoms with Crippen molar-refractivity contribution in [2.45, 2.75) is 6.61 Å². The summed E-state index contributed by atoms with van der Waals surface area (Å²) in [6.45, 7) is 2.60. The Morgan fingerprint density at radius 3 is 2.41 bits per heavy atom. The maximum atomic E-state index is 11.9. The lowest BCUT2D eigenvalue weighted by atomic mass is 10.1. The molecule has 0 radical (unpaired) electrons. The number of morpholine rings is 1. The van der Waals surface area contributed by atoms with E-state index in [-0.39, 0.29) is 29.6 Å². The molecule has 0 atom stereocenters. The van der Waals surface area contributed by atoms with Gasteiger partial charge in [-0.25, -0.2) is 5.43 Å². The zero-order chi connectivity index (χ0) is 28.4. The second-order valence-corrected chi connectivity index (χ2v) is 8.84.